The first kappa shape index (κ1) is 20.3. The molecule has 0 aliphatic rings. The molecule has 22 heavy (non-hydrogen) atoms. The van der Waals surface area contributed by atoms with Gasteiger partial charge in [0.15, 0.2) is 11.6 Å². The molecule has 0 aliphatic heterocycles. The van der Waals surface area contributed by atoms with E-state index in [0.717, 1.165) is 0 Å². The van der Waals surface area contributed by atoms with Crippen molar-refractivity contribution in [2.45, 2.75) is 58.2 Å². The Kier molecular flexibility index (Phi) is 6.82. The van der Waals surface area contributed by atoms with Gasteiger partial charge in [0, 0.05) is 5.19 Å². The Labute approximate surface area is 144 Å². The van der Waals surface area contributed by atoms with Crippen LogP contribution in [0.5, 0.6) is 0 Å². The van der Waals surface area contributed by atoms with Crippen molar-refractivity contribution in [1.29, 1.82) is 0 Å². The molecule has 0 saturated heterocycles. The zero-order valence-electron chi connectivity index (χ0n) is 13.8. The first-order chi connectivity index (χ1) is 10.0. The van der Waals surface area contributed by atoms with Gasteiger partial charge in [-0.15, -0.1) is 0 Å². The van der Waals surface area contributed by atoms with Crippen LogP contribution in [-0.2, 0) is 0 Å². The van der Waals surface area contributed by atoms with E-state index in [1.807, 2.05) is 41.5 Å². The summed E-state index contributed by atoms with van der Waals surface area (Å²) in [5, 5.41) is -0.342. The van der Waals surface area contributed by atoms with E-state index in [1.54, 1.807) is 0 Å². The Bertz CT molecular complexity index is 510. The molecule has 0 unspecified atom stereocenters. The van der Waals surface area contributed by atoms with Gasteiger partial charge in [0.2, 0.25) is 0 Å². The van der Waals surface area contributed by atoms with Crippen molar-refractivity contribution < 1.29 is 17.6 Å². The van der Waals surface area contributed by atoms with E-state index in [2.05, 4.69) is 0 Å². The molecule has 0 heterocycles. The average Bonchev–Trinajstić information content (AvgIpc) is 2.40. The molecule has 0 bridgehead atoms. The van der Waals surface area contributed by atoms with Gasteiger partial charge < -0.3 is 9.07 Å². The van der Waals surface area contributed by atoms with Gasteiger partial charge in [-0.3, -0.25) is 0 Å². The maximum absolute atomic E-state index is 14.7. The summed E-state index contributed by atoms with van der Waals surface area (Å²) in [6.45, 7) is 11.3. The molecule has 0 saturated carbocycles. The van der Waals surface area contributed by atoms with Gasteiger partial charge in [0.25, 0.3) is 0 Å². The lowest BCUT2D eigenvalue weighted by molar-refractivity contribution is 0.470. The second-order valence-electron chi connectivity index (χ2n) is 6.64. The van der Waals surface area contributed by atoms with Gasteiger partial charge in [-0.25, -0.2) is 17.6 Å². The Balaban J connectivity index is 3.94. The first-order valence-corrected chi connectivity index (χ1v) is 12.5. The zero-order chi connectivity index (χ0) is 17.4. The predicted molar refractivity (Wildman–Crippen MR) is 88.2 cm³/mol. The molecule has 1 rings (SSSR count). The summed E-state index contributed by atoms with van der Waals surface area (Å²) in [5.74, 6) is -5.06. The maximum Gasteiger partial charge on any atom is 0.547 e. The van der Waals surface area contributed by atoms with Crippen molar-refractivity contribution in [3.63, 3.8) is 0 Å². The van der Waals surface area contributed by atoms with Crippen LogP contribution >= 0.6 is 9.07 Å². The number of hydrogen-bond acceptors (Lipinski definition) is 0. The lowest BCUT2D eigenvalue weighted by Crippen LogP contribution is -2.59. The van der Waals surface area contributed by atoms with Crippen molar-refractivity contribution in [2.24, 2.45) is 0 Å². The van der Waals surface area contributed by atoms with E-state index < -0.39 is 54.3 Å². The van der Waals surface area contributed by atoms with Crippen LogP contribution in [0.3, 0.4) is 0 Å². The number of rotatable bonds is 5. The molecule has 0 fully saturated rings. The lowest BCUT2D eigenvalue weighted by Gasteiger charge is -2.44. The molecule has 122 valence electrons. The first-order valence-electron chi connectivity index (χ1n) is 7.46. The van der Waals surface area contributed by atoms with Gasteiger partial charge >= 0.3 is 19.3 Å². The lowest BCUT2D eigenvalue weighted by atomic mass is 10.3. The normalized spacial score (nSPS) is 12.5. The maximum atomic E-state index is 14.7. The third-order valence-corrected chi connectivity index (χ3v) is 13.5. The van der Waals surface area contributed by atoms with Crippen molar-refractivity contribution in [3.05, 3.63) is 23.3 Å². The summed E-state index contributed by atoms with van der Waals surface area (Å²) in [7, 11) is 2.72. The third-order valence-electron chi connectivity index (χ3n) is 4.79. The van der Waals surface area contributed by atoms with Crippen molar-refractivity contribution in [2.75, 3.05) is 0 Å². The molecule has 0 nitrogen and oxygen atoms in total. The average molecular weight is 365 g/mol. The fourth-order valence-electron chi connectivity index (χ4n) is 4.04. The molecule has 0 radical (unpaired) electrons. The Morgan fingerprint density at radius 1 is 0.727 bits per heavy atom. The molecule has 1 aromatic carbocycles. The van der Waals surface area contributed by atoms with E-state index in [9.17, 15) is 17.6 Å². The molecule has 0 N–H and O–H groups in total. The van der Waals surface area contributed by atoms with Gasteiger partial charge in [-0.1, -0.05) is 45.2 Å². The summed E-state index contributed by atoms with van der Waals surface area (Å²) >= 11 is -1.87. The number of hydrogen-bond donors (Lipinski definition) is 0. The zero-order valence-corrected chi connectivity index (χ0v) is 17.0. The van der Waals surface area contributed by atoms with E-state index in [0.29, 0.717) is 0 Å². The van der Waals surface area contributed by atoms with Crippen LogP contribution in [0.4, 0.5) is 17.6 Å². The highest BCUT2D eigenvalue weighted by Crippen LogP contribution is 2.42. The summed E-state index contributed by atoms with van der Waals surface area (Å²) < 4.78 is 57.2. The van der Waals surface area contributed by atoms with Gasteiger partial charge in [-0.2, -0.15) is 0 Å². The Morgan fingerprint density at radius 2 is 1.05 bits per heavy atom. The van der Waals surface area contributed by atoms with Crippen LogP contribution in [-0.4, -0.2) is 27.3 Å². The minimum atomic E-state index is -2.85. The van der Waals surface area contributed by atoms with Gasteiger partial charge in [-0.05, 0) is 16.6 Å². The topological polar surface area (TPSA) is 0 Å². The van der Waals surface area contributed by atoms with Crippen LogP contribution in [0.2, 0.25) is 16.6 Å². The van der Waals surface area contributed by atoms with Gasteiger partial charge in [0.05, 0.1) is 0 Å². The smallest absolute Gasteiger partial charge is 0.335 e. The second-order valence-corrected chi connectivity index (χ2v) is 14.2. The van der Waals surface area contributed by atoms with E-state index in [1.165, 1.54) is 0 Å². The minimum absolute atomic E-state index is 0.0607. The Morgan fingerprint density at radius 3 is 1.27 bits per heavy atom. The molecule has 0 atom stereocenters. The van der Waals surface area contributed by atoms with Crippen LogP contribution in [0.25, 0.3) is 0 Å². The molecule has 0 amide bonds. The molecule has 1 aromatic rings. The van der Waals surface area contributed by atoms with Crippen LogP contribution in [0.1, 0.15) is 41.5 Å². The summed E-state index contributed by atoms with van der Waals surface area (Å²) in [6, 6.07) is 0. The SMILES string of the molecule is CC(C)[Si](c1c(F)c(F)[c]([Mg][Cl])c(F)c1F)(C(C)C)C(C)C. The van der Waals surface area contributed by atoms with E-state index >= 15 is 0 Å². The molecule has 0 aromatic heterocycles. The van der Waals surface area contributed by atoms with Gasteiger partial charge in [0.1, 0.15) is 19.7 Å². The highest BCUT2D eigenvalue weighted by Gasteiger charge is 2.49. The molecule has 7 heteroatoms. The van der Waals surface area contributed by atoms with Crippen molar-refractivity contribution in [3.8, 4) is 0 Å². The van der Waals surface area contributed by atoms with E-state index in [4.69, 9.17) is 9.07 Å². The van der Waals surface area contributed by atoms with Crippen molar-refractivity contribution in [1.82, 2.24) is 0 Å². The van der Waals surface area contributed by atoms with Crippen molar-refractivity contribution >= 4 is 45.3 Å². The van der Waals surface area contributed by atoms with Crippen LogP contribution in [0, 0.1) is 23.3 Å². The van der Waals surface area contributed by atoms with E-state index in [-0.39, 0.29) is 21.8 Å². The number of halogens is 5. The summed E-state index contributed by atoms with van der Waals surface area (Å²) in [5.41, 5.74) is -0.182. The quantitative estimate of drug-likeness (QED) is 0.406. The van der Waals surface area contributed by atoms with Crippen LogP contribution in [0.15, 0.2) is 0 Å². The molecule has 0 aliphatic carbocycles. The van der Waals surface area contributed by atoms with Crippen LogP contribution < -0.4 is 8.88 Å². The molecular weight excluding hydrogens is 344 g/mol. The minimum Gasteiger partial charge on any atom is -0.335 e. The summed E-state index contributed by atoms with van der Waals surface area (Å²) in [6.07, 6.45) is 0. The highest BCUT2D eigenvalue weighted by atomic mass is 35.5. The third kappa shape index (κ3) is 2.96. The molecule has 0 spiro atoms. The summed E-state index contributed by atoms with van der Waals surface area (Å²) in [4.78, 5) is 0. The fraction of sp³-hybridized carbons (Fsp3) is 0.600. The highest BCUT2D eigenvalue weighted by molar-refractivity contribution is 7.01. The monoisotopic (exact) mass is 364 g/mol. The number of benzene rings is 1. The molecular formula is C15H21ClF4MgSi. The predicted octanol–water partition coefficient (Wildman–Crippen LogP) is 4.61. The second kappa shape index (κ2) is 7.40. The Hall–Kier alpha value is 0.213. The standard InChI is InChI=1S/C15H21F4Si.ClH.Mg/c1-8(2)20(9(3)4,10(5)6)15-13(18)11(16)7-12(17)14(15)19;;/h8-10H,1-6H3;1H;/q;;+1/p-1. The largest absolute Gasteiger partial charge is 0.547 e. The fourth-order valence-corrected chi connectivity index (χ4v) is 12.0.